The molecule has 128 valence electrons. The van der Waals surface area contributed by atoms with Gasteiger partial charge in [-0.15, -0.1) is 15.3 Å². The minimum atomic E-state index is 0.0225. The SMILES string of the molecule is Cc1nnc2n1C[C@H](NC(=O)Cc1ccc(-n3cnnn3)cc1)CC2. The Kier molecular flexibility index (Phi) is 3.96. The van der Waals surface area contributed by atoms with E-state index in [1.165, 1.54) is 6.33 Å². The van der Waals surface area contributed by atoms with Gasteiger partial charge in [-0.1, -0.05) is 12.1 Å². The highest BCUT2D eigenvalue weighted by Gasteiger charge is 2.22. The van der Waals surface area contributed by atoms with Crippen LogP contribution < -0.4 is 5.32 Å². The topological polar surface area (TPSA) is 103 Å². The Morgan fingerprint density at radius 1 is 1.28 bits per heavy atom. The molecular formula is C16H18N8O. The molecule has 0 radical (unpaired) electrons. The van der Waals surface area contributed by atoms with Gasteiger partial charge in [-0.2, -0.15) is 0 Å². The smallest absolute Gasteiger partial charge is 0.224 e. The second-order valence-electron chi connectivity index (χ2n) is 6.17. The van der Waals surface area contributed by atoms with Crippen LogP contribution in [0.2, 0.25) is 0 Å². The van der Waals surface area contributed by atoms with Gasteiger partial charge >= 0.3 is 0 Å². The molecule has 3 aromatic rings. The largest absolute Gasteiger partial charge is 0.351 e. The zero-order valence-electron chi connectivity index (χ0n) is 13.8. The molecule has 25 heavy (non-hydrogen) atoms. The highest BCUT2D eigenvalue weighted by molar-refractivity contribution is 5.78. The number of aromatic nitrogens is 7. The van der Waals surface area contributed by atoms with Crippen molar-refractivity contribution in [3.63, 3.8) is 0 Å². The van der Waals surface area contributed by atoms with Crippen molar-refractivity contribution in [1.82, 2.24) is 40.3 Å². The van der Waals surface area contributed by atoms with E-state index in [1.54, 1.807) is 4.68 Å². The fourth-order valence-electron chi connectivity index (χ4n) is 3.09. The van der Waals surface area contributed by atoms with Crippen LogP contribution in [0.4, 0.5) is 0 Å². The number of nitrogens with one attached hydrogen (secondary N) is 1. The molecule has 0 saturated heterocycles. The van der Waals surface area contributed by atoms with Gasteiger partial charge in [-0.25, -0.2) is 4.68 Å². The van der Waals surface area contributed by atoms with Gasteiger partial charge in [-0.3, -0.25) is 4.79 Å². The highest BCUT2D eigenvalue weighted by atomic mass is 16.1. The number of amides is 1. The summed E-state index contributed by atoms with van der Waals surface area (Å²) in [5.74, 6) is 1.92. The van der Waals surface area contributed by atoms with Crippen LogP contribution in [-0.4, -0.2) is 46.9 Å². The average Bonchev–Trinajstić information content (AvgIpc) is 3.26. The summed E-state index contributed by atoms with van der Waals surface area (Å²) in [5, 5.41) is 22.4. The molecule has 1 aliphatic rings. The summed E-state index contributed by atoms with van der Waals surface area (Å²) in [5.41, 5.74) is 1.81. The highest BCUT2D eigenvalue weighted by Crippen LogP contribution is 2.15. The molecule has 0 unspecified atom stereocenters. The molecule has 0 saturated carbocycles. The van der Waals surface area contributed by atoms with Gasteiger partial charge in [0.25, 0.3) is 0 Å². The number of aryl methyl sites for hydroxylation is 2. The number of tetrazole rings is 1. The summed E-state index contributed by atoms with van der Waals surface area (Å²) in [6.07, 6.45) is 3.61. The van der Waals surface area contributed by atoms with E-state index in [0.29, 0.717) is 6.42 Å². The predicted octanol–water partition coefficient (Wildman–Crippen LogP) is 0.236. The molecule has 1 aromatic carbocycles. The lowest BCUT2D eigenvalue weighted by molar-refractivity contribution is -0.121. The van der Waals surface area contributed by atoms with Gasteiger partial charge in [0, 0.05) is 19.0 Å². The Morgan fingerprint density at radius 2 is 2.12 bits per heavy atom. The molecule has 9 heteroatoms. The van der Waals surface area contributed by atoms with Crippen molar-refractivity contribution >= 4 is 5.91 Å². The number of fused-ring (bicyclic) bond motifs is 1. The summed E-state index contributed by atoms with van der Waals surface area (Å²) in [7, 11) is 0. The van der Waals surface area contributed by atoms with Crippen LogP contribution in [0.15, 0.2) is 30.6 Å². The van der Waals surface area contributed by atoms with E-state index in [9.17, 15) is 4.79 Å². The molecule has 0 aliphatic carbocycles. The van der Waals surface area contributed by atoms with Crippen molar-refractivity contribution in [2.45, 2.75) is 38.8 Å². The number of hydrogen-bond acceptors (Lipinski definition) is 6. The summed E-state index contributed by atoms with van der Waals surface area (Å²) in [4.78, 5) is 12.3. The van der Waals surface area contributed by atoms with Crippen LogP contribution in [0.5, 0.6) is 0 Å². The van der Waals surface area contributed by atoms with E-state index >= 15 is 0 Å². The standard InChI is InChI=1S/C16H18N8O/c1-11-19-20-15-7-4-13(9-23(11)15)18-16(25)8-12-2-5-14(6-3-12)24-10-17-21-22-24/h2-3,5-6,10,13H,4,7-9H2,1H3,(H,18,25)/t13-/m1/s1. The zero-order valence-corrected chi connectivity index (χ0v) is 13.8. The van der Waals surface area contributed by atoms with Crippen molar-refractivity contribution in [3.8, 4) is 5.69 Å². The third kappa shape index (κ3) is 3.25. The monoisotopic (exact) mass is 338 g/mol. The van der Waals surface area contributed by atoms with Gasteiger partial charge in [0.15, 0.2) is 0 Å². The van der Waals surface area contributed by atoms with E-state index in [-0.39, 0.29) is 11.9 Å². The fourth-order valence-corrected chi connectivity index (χ4v) is 3.09. The van der Waals surface area contributed by atoms with Crippen molar-refractivity contribution in [2.24, 2.45) is 0 Å². The van der Waals surface area contributed by atoms with Gasteiger partial charge < -0.3 is 9.88 Å². The second kappa shape index (κ2) is 6.42. The van der Waals surface area contributed by atoms with E-state index < -0.39 is 0 Å². The Bertz CT molecular complexity index is 868. The summed E-state index contributed by atoms with van der Waals surface area (Å²) in [6.45, 7) is 2.67. The zero-order chi connectivity index (χ0) is 17.2. The molecule has 0 fully saturated rings. The molecule has 1 atom stereocenters. The lowest BCUT2D eigenvalue weighted by atomic mass is 10.1. The van der Waals surface area contributed by atoms with E-state index in [4.69, 9.17) is 0 Å². The molecule has 9 nitrogen and oxygen atoms in total. The first kappa shape index (κ1) is 15.4. The first-order chi connectivity index (χ1) is 12.2. The average molecular weight is 338 g/mol. The van der Waals surface area contributed by atoms with Crippen LogP contribution in [0.1, 0.15) is 23.6 Å². The first-order valence-corrected chi connectivity index (χ1v) is 8.19. The van der Waals surface area contributed by atoms with E-state index in [2.05, 4.69) is 35.6 Å². The molecule has 0 spiro atoms. The Balaban J connectivity index is 1.36. The molecule has 2 aromatic heterocycles. The molecule has 1 N–H and O–H groups in total. The van der Waals surface area contributed by atoms with Crippen LogP contribution in [-0.2, 0) is 24.2 Å². The lowest BCUT2D eigenvalue weighted by Gasteiger charge is -2.25. The van der Waals surface area contributed by atoms with Crippen LogP contribution >= 0.6 is 0 Å². The number of rotatable bonds is 4. The van der Waals surface area contributed by atoms with E-state index in [1.807, 2.05) is 31.2 Å². The Labute approximate surface area is 144 Å². The second-order valence-corrected chi connectivity index (χ2v) is 6.17. The maximum Gasteiger partial charge on any atom is 0.224 e. The predicted molar refractivity (Wildman–Crippen MR) is 87.9 cm³/mol. The van der Waals surface area contributed by atoms with Crippen LogP contribution in [0.25, 0.3) is 5.69 Å². The number of carbonyl (C=O) groups is 1. The maximum absolute atomic E-state index is 12.3. The van der Waals surface area contributed by atoms with Crippen molar-refractivity contribution in [3.05, 3.63) is 47.8 Å². The number of hydrogen-bond donors (Lipinski definition) is 1. The van der Waals surface area contributed by atoms with Crippen LogP contribution in [0.3, 0.4) is 0 Å². The first-order valence-electron chi connectivity index (χ1n) is 8.19. The fraction of sp³-hybridized carbons (Fsp3) is 0.375. The van der Waals surface area contributed by atoms with Gasteiger partial charge in [0.2, 0.25) is 5.91 Å². The molecule has 1 amide bonds. The molecule has 0 bridgehead atoms. The number of carbonyl (C=O) groups excluding carboxylic acids is 1. The normalized spacial score (nSPS) is 16.4. The van der Waals surface area contributed by atoms with Crippen LogP contribution in [0, 0.1) is 6.92 Å². The molecular weight excluding hydrogens is 320 g/mol. The van der Waals surface area contributed by atoms with Gasteiger partial charge in [-0.05, 0) is 41.5 Å². The summed E-state index contributed by atoms with van der Waals surface area (Å²) < 4.78 is 3.65. The van der Waals surface area contributed by atoms with Gasteiger partial charge in [0.05, 0.1) is 12.1 Å². The van der Waals surface area contributed by atoms with Gasteiger partial charge in [0.1, 0.15) is 18.0 Å². The van der Waals surface area contributed by atoms with Crippen molar-refractivity contribution in [2.75, 3.05) is 0 Å². The minimum Gasteiger partial charge on any atom is -0.351 e. The third-order valence-corrected chi connectivity index (χ3v) is 4.41. The molecule has 1 aliphatic heterocycles. The Morgan fingerprint density at radius 3 is 2.88 bits per heavy atom. The minimum absolute atomic E-state index is 0.0225. The Hall–Kier alpha value is -3.10. The maximum atomic E-state index is 12.3. The third-order valence-electron chi connectivity index (χ3n) is 4.41. The van der Waals surface area contributed by atoms with Crippen molar-refractivity contribution in [1.29, 1.82) is 0 Å². The molecule has 4 rings (SSSR count). The lowest BCUT2D eigenvalue weighted by Crippen LogP contribution is -2.41. The summed E-state index contributed by atoms with van der Waals surface area (Å²) in [6, 6.07) is 7.74. The number of nitrogens with zero attached hydrogens (tertiary/aromatic N) is 7. The molecule has 3 heterocycles. The number of benzene rings is 1. The van der Waals surface area contributed by atoms with E-state index in [0.717, 1.165) is 42.3 Å². The van der Waals surface area contributed by atoms with Crippen molar-refractivity contribution < 1.29 is 4.79 Å². The quantitative estimate of drug-likeness (QED) is 0.731. The summed E-state index contributed by atoms with van der Waals surface area (Å²) >= 11 is 0.